The summed E-state index contributed by atoms with van der Waals surface area (Å²) in [5, 5.41) is 8.43. The summed E-state index contributed by atoms with van der Waals surface area (Å²) in [6, 6.07) is 2.80. The molecule has 0 aliphatic heterocycles. The van der Waals surface area contributed by atoms with Crippen LogP contribution >= 0.6 is 0 Å². The molecule has 1 aromatic rings. The lowest BCUT2D eigenvalue weighted by molar-refractivity contribution is 0.168. The molecule has 2 unspecified atom stereocenters. The summed E-state index contributed by atoms with van der Waals surface area (Å²) in [6.07, 6.45) is 8.46. The Balaban J connectivity index is 1.79. The molecule has 120 valence electrons. The Labute approximate surface area is 130 Å². The third kappa shape index (κ3) is 4.57. The van der Waals surface area contributed by atoms with E-state index in [9.17, 15) is 0 Å². The van der Waals surface area contributed by atoms with Gasteiger partial charge in [0.25, 0.3) is 0 Å². The fraction of sp³-hybridized carbons (Fsp3) is 0.833. The molecule has 0 saturated heterocycles. The summed E-state index contributed by atoms with van der Waals surface area (Å²) < 4.78 is 2.18. The van der Waals surface area contributed by atoms with Gasteiger partial charge in [0.2, 0.25) is 0 Å². The van der Waals surface area contributed by atoms with Crippen molar-refractivity contribution in [2.75, 3.05) is 13.1 Å². The zero-order valence-electron chi connectivity index (χ0n) is 14.3. The van der Waals surface area contributed by atoms with Crippen molar-refractivity contribution in [3.63, 3.8) is 0 Å². The van der Waals surface area contributed by atoms with Crippen LogP contribution in [0.2, 0.25) is 0 Å². The van der Waals surface area contributed by atoms with Crippen LogP contribution in [0.5, 0.6) is 0 Å². The van der Waals surface area contributed by atoms with Crippen LogP contribution < -0.4 is 5.32 Å². The lowest BCUT2D eigenvalue weighted by Gasteiger charge is -2.36. The first kappa shape index (κ1) is 16.5. The molecular formula is C18H33N3. The van der Waals surface area contributed by atoms with E-state index < -0.39 is 0 Å². The van der Waals surface area contributed by atoms with Crippen molar-refractivity contribution >= 4 is 0 Å². The maximum atomic E-state index is 4.81. The molecule has 3 nitrogen and oxygen atoms in total. The second kappa shape index (κ2) is 7.98. The van der Waals surface area contributed by atoms with Gasteiger partial charge in [-0.2, -0.15) is 5.10 Å². The Morgan fingerprint density at radius 2 is 1.95 bits per heavy atom. The van der Waals surface area contributed by atoms with Crippen LogP contribution in [0.4, 0.5) is 0 Å². The standard InChI is InChI=1S/C18H33N3/c1-5-18(6-2)21-10-9-17(20-21)11-15-7-8-16(15)13-19-12-14(3)4/h9-10,14-16,18-19H,5-8,11-13H2,1-4H3. The minimum Gasteiger partial charge on any atom is -0.316 e. The Hall–Kier alpha value is -0.830. The molecule has 0 aromatic carbocycles. The van der Waals surface area contributed by atoms with Gasteiger partial charge < -0.3 is 5.32 Å². The van der Waals surface area contributed by atoms with Crippen molar-refractivity contribution in [3.8, 4) is 0 Å². The number of nitrogens with zero attached hydrogens (tertiary/aromatic N) is 2. The molecule has 1 N–H and O–H groups in total. The highest BCUT2D eigenvalue weighted by atomic mass is 15.3. The molecule has 1 aliphatic rings. The van der Waals surface area contributed by atoms with Gasteiger partial charge >= 0.3 is 0 Å². The first-order chi connectivity index (χ1) is 10.1. The van der Waals surface area contributed by atoms with Gasteiger partial charge in [-0.25, -0.2) is 0 Å². The van der Waals surface area contributed by atoms with Crippen LogP contribution in [0.15, 0.2) is 12.3 Å². The average Bonchev–Trinajstić information content (AvgIpc) is 2.89. The first-order valence-electron chi connectivity index (χ1n) is 8.88. The van der Waals surface area contributed by atoms with Gasteiger partial charge in [0.15, 0.2) is 0 Å². The van der Waals surface area contributed by atoms with Crippen LogP contribution in [0, 0.1) is 17.8 Å². The zero-order valence-corrected chi connectivity index (χ0v) is 14.3. The van der Waals surface area contributed by atoms with E-state index in [1.807, 2.05) is 0 Å². The van der Waals surface area contributed by atoms with E-state index >= 15 is 0 Å². The van der Waals surface area contributed by atoms with Crippen molar-refractivity contribution < 1.29 is 0 Å². The Kier molecular flexibility index (Phi) is 6.28. The van der Waals surface area contributed by atoms with Crippen LogP contribution in [-0.4, -0.2) is 22.9 Å². The van der Waals surface area contributed by atoms with Crippen molar-refractivity contribution in [2.45, 2.75) is 65.8 Å². The van der Waals surface area contributed by atoms with Crippen LogP contribution in [0.25, 0.3) is 0 Å². The number of hydrogen-bond acceptors (Lipinski definition) is 2. The predicted molar refractivity (Wildman–Crippen MR) is 89.5 cm³/mol. The van der Waals surface area contributed by atoms with Crippen molar-refractivity contribution in [1.29, 1.82) is 0 Å². The fourth-order valence-electron chi connectivity index (χ4n) is 3.35. The molecular weight excluding hydrogens is 258 g/mol. The molecule has 0 bridgehead atoms. The minimum atomic E-state index is 0.573. The topological polar surface area (TPSA) is 29.9 Å². The maximum Gasteiger partial charge on any atom is 0.0627 e. The van der Waals surface area contributed by atoms with Crippen LogP contribution in [0.3, 0.4) is 0 Å². The van der Waals surface area contributed by atoms with Gasteiger partial charge in [-0.1, -0.05) is 27.7 Å². The zero-order chi connectivity index (χ0) is 15.2. The number of hydrogen-bond donors (Lipinski definition) is 1. The van der Waals surface area contributed by atoms with E-state index in [4.69, 9.17) is 5.10 Å². The highest BCUT2D eigenvalue weighted by Gasteiger charge is 2.30. The minimum absolute atomic E-state index is 0.573. The predicted octanol–water partition coefficient (Wildman–Crippen LogP) is 4.06. The van der Waals surface area contributed by atoms with E-state index in [1.54, 1.807) is 0 Å². The molecule has 0 spiro atoms. The lowest BCUT2D eigenvalue weighted by atomic mass is 9.71. The smallest absolute Gasteiger partial charge is 0.0627 e. The van der Waals surface area contributed by atoms with E-state index in [1.165, 1.54) is 44.3 Å². The lowest BCUT2D eigenvalue weighted by Crippen LogP contribution is -2.37. The van der Waals surface area contributed by atoms with E-state index in [2.05, 4.69) is 50.0 Å². The summed E-state index contributed by atoms with van der Waals surface area (Å²) >= 11 is 0. The Morgan fingerprint density at radius 3 is 2.52 bits per heavy atom. The Bertz CT molecular complexity index is 406. The molecule has 0 amide bonds. The highest BCUT2D eigenvalue weighted by molar-refractivity contribution is 5.03. The SMILES string of the molecule is CCC(CC)n1ccc(CC2CCC2CNCC(C)C)n1. The molecule has 3 heteroatoms. The summed E-state index contributed by atoms with van der Waals surface area (Å²) in [4.78, 5) is 0. The van der Waals surface area contributed by atoms with Crippen molar-refractivity contribution in [3.05, 3.63) is 18.0 Å². The number of rotatable bonds is 9. The molecule has 21 heavy (non-hydrogen) atoms. The van der Waals surface area contributed by atoms with Crippen LogP contribution in [-0.2, 0) is 6.42 Å². The second-order valence-electron chi connectivity index (χ2n) is 7.11. The normalized spacial score (nSPS) is 22.0. The molecule has 1 aromatic heterocycles. The Morgan fingerprint density at radius 1 is 1.24 bits per heavy atom. The molecule has 1 aliphatic carbocycles. The quantitative estimate of drug-likeness (QED) is 0.743. The molecule has 2 atom stereocenters. The van der Waals surface area contributed by atoms with Gasteiger partial charge in [0, 0.05) is 6.20 Å². The van der Waals surface area contributed by atoms with Crippen molar-refractivity contribution in [2.24, 2.45) is 17.8 Å². The third-order valence-corrected chi connectivity index (χ3v) is 4.99. The van der Waals surface area contributed by atoms with Gasteiger partial charge in [-0.05, 0) is 69.0 Å². The molecule has 0 radical (unpaired) electrons. The average molecular weight is 291 g/mol. The summed E-state index contributed by atoms with van der Waals surface area (Å²) in [7, 11) is 0. The maximum absolute atomic E-state index is 4.81. The van der Waals surface area contributed by atoms with Crippen LogP contribution in [0.1, 0.15) is 65.1 Å². The third-order valence-electron chi connectivity index (χ3n) is 4.99. The molecule has 1 saturated carbocycles. The van der Waals surface area contributed by atoms with E-state index in [0.717, 1.165) is 24.3 Å². The molecule has 1 heterocycles. The second-order valence-corrected chi connectivity index (χ2v) is 7.11. The van der Waals surface area contributed by atoms with Gasteiger partial charge in [0.1, 0.15) is 0 Å². The molecule has 1 fully saturated rings. The van der Waals surface area contributed by atoms with Gasteiger partial charge in [0.05, 0.1) is 11.7 Å². The molecule has 2 rings (SSSR count). The van der Waals surface area contributed by atoms with E-state index in [0.29, 0.717) is 6.04 Å². The summed E-state index contributed by atoms with van der Waals surface area (Å²) in [5.74, 6) is 2.45. The first-order valence-corrected chi connectivity index (χ1v) is 8.88. The summed E-state index contributed by atoms with van der Waals surface area (Å²) in [6.45, 7) is 11.4. The van der Waals surface area contributed by atoms with E-state index in [-0.39, 0.29) is 0 Å². The number of aromatic nitrogens is 2. The largest absolute Gasteiger partial charge is 0.316 e. The number of nitrogens with one attached hydrogen (secondary N) is 1. The van der Waals surface area contributed by atoms with Gasteiger partial charge in [-0.15, -0.1) is 0 Å². The monoisotopic (exact) mass is 291 g/mol. The fourth-order valence-corrected chi connectivity index (χ4v) is 3.35. The van der Waals surface area contributed by atoms with Gasteiger partial charge in [-0.3, -0.25) is 4.68 Å². The summed E-state index contributed by atoms with van der Waals surface area (Å²) in [5.41, 5.74) is 1.29. The highest BCUT2D eigenvalue weighted by Crippen LogP contribution is 2.36. The van der Waals surface area contributed by atoms with Crippen molar-refractivity contribution in [1.82, 2.24) is 15.1 Å².